The van der Waals surface area contributed by atoms with E-state index in [0.717, 1.165) is 66.7 Å². The van der Waals surface area contributed by atoms with Crippen molar-refractivity contribution in [1.29, 1.82) is 0 Å². The summed E-state index contributed by atoms with van der Waals surface area (Å²) in [6.07, 6.45) is -17.7. The van der Waals surface area contributed by atoms with E-state index in [1.54, 1.807) is 0 Å². The van der Waals surface area contributed by atoms with Crippen molar-refractivity contribution in [3.05, 3.63) is 175 Å². The number of phenolic OH excluding ortho intramolecular Hbond substituents is 6. The first-order chi connectivity index (χ1) is 50.9. The smallest absolute Gasteiger partial charge is 0.333 e. The molecule has 7 aromatic carbocycles. The predicted octanol–water partition coefficient (Wildman–Crippen LogP) is 8.00. The molecule has 7 aromatic rings. The van der Waals surface area contributed by atoms with Crippen LogP contribution in [0.4, 0.5) is 0 Å². The minimum Gasteiger partial charge on any atom is -0.508 e. The average molecular weight is 1540 g/mol. The van der Waals surface area contributed by atoms with Gasteiger partial charge in [0.2, 0.25) is 41.1 Å². The Morgan fingerprint density at radius 3 is 1.71 bits per heavy atom. The number of fused-ring (bicyclic) bond motifs is 12. The number of carboxylic acids is 1. The van der Waals surface area contributed by atoms with Crippen molar-refractivity contribution in [1.82, 2.24) is 5.32 Å². The highest BCUT2D eigenvalue weighted by atomic mass is 35.5. The highest BCUT2D eigenvalue weighted by Crippen LogP contribution is 2.50. The number of carbonyl (C=O) groups is 1. The molecule has 36 heteroatoms. The zero-order chi connectivity index (χ0) is 76.9. The quantitative estimate of drug-likeness (QED) is 0.0430. The van der Waals surface area contributed by atoms with Crippen molar-refractivity contribution < 1.29 is 125 Å². The third kappa shape index (κ3) is 15.6. The normalized spacial score (nSPS) is 27.9. The summed E-state index contributed by atoms with van der Waals surface area (Å²) in [4.78, 5) is 40.4. The number of aromatic hydroxyl groups is 6. The molecule has 0 radical (unpaired) electrons. The third-order valence-electron chi connectivity index (χ3n) is 18.3. The maximum absolute atomic E-state index is 13.6. The first kappa shape index (κ1) is 76.3. The molecule has 107 heavy (non-hydrogen) atoms. The van der Waals surface area contributed by atoms with E-state index in [0.29, 0.717) is 0 Å². The van der Waals surface area contributed by atoms with Gasteiger partial charge in [-0.05, 0) is 126 Å². The van der Waals surface area contributed by atoms with Crippen LogP contribution in [0.2, 0.25) is 15.1 Å². The number of aliphatic hydroxyl groups is 11. The number of hydrogen-bond acceptors (Lipinski definition) is 26. The van der Waals surface area contributed by atoms with E-state index in [2.05, 4.69) is 35.3 Å². The predicted molar refractivity (Wildman–Crippen MR) is 382 cm³/mol. The van der Waals surface area contributed by atoms with Crippen LogP contribution in [0.3, 0.4) is 0 Å². The molecule has 2 fully saturated rings. The standard InChI is InChI=1S/C71H69Cl3N8O25/c1-25-57(89)39(75)23-48(102-25)106-62-29-7-13-43(37(73)17-29)103-45-19-31-20-46(58(45)90)104-44-14-8-30(18-38(44)74)63(107-71-61(93)60(92)59(91)47(24-83)105-71)56(81-64(94)50(76-2)26-3-9-32(84)10-4-26)68(98)78-52(28-6-12-41(87)36(72)16-28)65(95)79-53(31)67(97)77-51-27-5-11-40(86)34(15-27)49-35(21-33(85)22-42(49)88)54(70(100)101)80-69(99)55(62)82-66(51)96/h3-22,25,39,47-48,50-57,59-63,71,76,83-93H,23-24,75H2,1-2H3,(H,77,97)(H,78,98)(H,79,95)(H,80,99)(H,81,94)(H,82,96)(H,100,101)/t25?,39?,47?,48?,50-,51-,52+,53-,54-,55+,56-,57?,59?,60?,61?,62-,63-,71?/m1/s1. The number of ether oxygens (including phenoxy) is 6. The van der Waals surface area contributed by atoms with Gasteiger partial charge in [0.25, 0.3) is 0 Å². The number of halogens is 3. The molecular weight excluding hydrogens is 1470 g/mol. The maximum atomic E-state index is 13.6. The molecule has 21 N–H and O–H groups in total. The van der Waals surface area contributed by atoms with Crippen LogP contribution in [0.25, 0.3) is 11.1 Å². The summed E-state index contributed by atoms with van der Waals surface area (Å²) < 4.78 is 37.7. The molecule has 0 saturated carbocycles. The number of nitrogens with zero attached hydrogens (tertiary/aromatic N) is 6. The fourth-order valence-corrected chi connectivity index (χ4v) is 13.4. The molecule has 564 valence electrons. The zero-order valence-electron chi connectivity index (χ0n) is 55.7. The number of aliphatic hydroxyl groups excluding tert-OH is 11. The Morgan fingerprint density at radius 1 is 0.570 bits per heavy atom. The highest BCUT2D eigenvalue weighted by Gasteiger charge is 2.48. The van der Waals surface area contributed by atoms with E-state index in [9.17, 15) is 96.7 Å². The summed E-state index contributed by atoms with van der Waals surface area (Å²) in [5.41, 5.74) is 3.90. The summed E-state index contributed by atoms with van der Waals surface area (Å²) in [5, 5.41) is 213. The Balaban J connectivity index is 1.16. The van der Waals surface area contributed by atoms with Gasteiger partial charge in [-0.1, -0.05) is 71.2 Å². The summed E-state index contributed by atoms with van der Waals surface area (Å²) in [7, 11) is 1.41. The lowest BCUT2D eigenvalue weighted by Gasteiger charge is -2.41. The largest absolute Gasteiger partial charge is 0.508 e. The number of benzene rings is 7. The van der Waals surface area contributed by atoms with Crippen LogP contribution >= 0.6 is 34.8 Å². The van der Waals surface area contributed by atoms with E-state index in [-0.39, 0.29) is 67.1 Å². The molecule has 0 spiro atoms. The van der Waals surface area contributed by atoms with Crippen LogP contribution in [0.1, 0.15) is 94.7 Å². The Hall–Kier alpha value is -10.3. The maximum Gasteiger partial charge on any atom is 0.333 e. The number of aliphatic imine (C=N–C) groups is 6. The van der Waals surface area contributed by atoms with E-state index in [1.165, 1.54) is 68.6 Å². The molecule has 2 saturated heterocycles. The summed E-state index contributed by atoms with van der Waals surface area (Å²) >= 11 is 20.9. The molecule has 7 heterocycles. The molecule has 9 unspecified atom stereocenters. The van der Waals surface area contributed by atoms with Crippen LogP contribution in [0, 0.1) is 0 Å². The first-order valence-electron chi connectivity index (χ1n) is 32.6. The lowest BCUT2D eigenvalue weighted by Crippen LogP contribution is -2.59. The molecule has 0 aliphatic carbocycles. The van der Waals surface area contributed by atoms with Crippen molar-refractivity contribution in [2.75, 3.05) is 13.7 Å². The number of nitrogens with two attached hydrogens (primary N) is 1. The molecule has 0 amide bonds. The highest BCUT2D eigenvalue weighted by molar-refractivity contribution is 6.33. The van der Waals surface area contributed by atoms with Gasteiger partial charge in [0.15, 0.2) is 60.3 Å². The lowest BCUT2D eigenvalue weighted by molar-refractivity contribution is -0.312. The van der Waals surface area contributed by atoms with Crippen molar-refractivity contribution >= 4 is 76.2 Å². The van der Waals surface area contributed by atoms with Gasteiger partial charge in [0.1, 0.15) is 82.9 Å². The number of phenols is 6. The Labute approximate surface area is 620 Å². The van der Waals surface area contributed by atoms with Crippen LogP contribution in [0.5, 0.6) is 57.5 Å². The van der Waals surface area contributed by atoms with Crippen LogP contribution in [0.15, 0.2) is 151 Å². The zero-order valence-corrected chi connectivity index (χ0v) is 57.9. The second-order valence-corrected chi connectivity index (χ2v) is 26.6. The average Bonchev–Trinajstić information content (AvgIpc) is 0.765. The van der Waals surface area contributed by atoms with Gasteiger partial charge in [-0.25, -0.2) is 34.7 Å². The Bertz CT molecular complexity index is 4750. The second kappa shape index (κ2) is 31.2. The molecule has 33 nitrogen and oxygen atoms in total. The van der Waals surface area contributed by atoms with Gasteiger partial charge < -0.3 is 131 Å². The van der Waals surface area contributed by atoms with E-state index < -0.39 is 220 Å². The van der Waals surface area contributed by atoms with Gasteiger partial charge in [-0.3, -0.25) is 0 Å². The molecule has 0 aromatic heterocycles. The lowest BCUT2D eigenvalue weighted by atomic mass is 9.90. The van der Waals surface area contributed by atoms with E-state index >= 15 is 0 Å². The minimum absolute atomic E-state index is 0.0820. The summed E-state index contributed by atoms with van der Waals surface area (Å²) in [5.74, 6) is -14.7. The molecule has 11 bridgehead atoms. The molecular formula is C71H69Cl3N8O25. The fourth-order valence-electron chi connectivity index (χ4n) is 12.8. The van der Waals surface area contributed by atoms with Crippen LogP contribution in [-0.2, 0) is 23.7 Å². The number of nitrogens with one attached hydrogen (secondary N) is 1. The van der Waals surface area contributed by atoms with Crippen LogP contribution in [-0.4, -0.2) is 214 Å². The fraction of sp³-hybridized carbons (Fsp3) is 0.310. The van der Waals surface area contributed by atoms with Gasteiger partial charge >= 0.3 is 5.97 Å². The van der Waals surface area contributed by atoms with Crippen molar-refractivity contribution in [2.24, 2.45) is 35.7 Å². The van der Waals surface area contributed by atoms with Gasteiger partial charge in [-0.15, -0.1) is 0 Å². The van der Waals surface area contributed by atoms with E-state index in [4.69, 9.17) is 69.0 Å². The number of carboxylic acid groups (broad SMARTS) is 1. The monoisotopic (exact) mass is 1540 g/mol. The molecule has 7 aliphatic rings. The van der Waals surface area contributed by atoms with Crippen molar-refractivity contribution in [3.8, 4) is 68.6 Å². The van der Waals surface area contributed by atoms with Crippen molar-refractivity contribution in [3.63, 3.8) is 0 Å². The number of likely N-dealkylation sites (N-methyl/N-ethyl adjacent to an activating group) is 1. The molecule has 14 rings (SSSR count). The SMILES string of the molecule is CN[C@@H](C(O)=N[C@H]1C(O)=N[C@@H](c2ccc(O)c(Cl)c2)C(O)=N[C@H]2C(O)=N[C@H]3C(O)=N[C@H](C(O)=N[C@@H](C(=O)O)c4cc(O)cc(O)c4-c4cc3ccc4O)[C@H](OC3CC(N)C(O)C(C)O3)c3ccc(c(Cl)c3)Oc3cc2cc(c3O)Oc2ccc(cc2Cl)[C@H]1OC1OC(CO)C(O)C(O)C1O)c1ccc(O)cc1. The van der Waals surface area contributed by atoms with Gasteiger partial charge in [-0.2, -0.15) is 0 Å². The third-order valence-corrected chi connectivity index (χ3v) is 19.2. The van der Waals surface area contributed by atoms with Gasteiger partial charge in [0.05, 0.1) is 33.9 Å². The van der Waals surface area contributed by atoms with Crippen LogP contribution < -0.4 is 20.5 Å². The number of hydrogen-bond donors (Lipinski definition) is 20. The number of aliphatic carboxylic acids is 1. The Kier molecular flexibility index (Phi) is 22.3. The van der Waals surface area contributed by atoms with E-state index in [1.807, 2.05) is 0 Å². The topological polar surface area (TPSA) is 549 Å². The van der Waals surface area contributed by atoms with Crippen molar-refractivity contribution in [2.45, 2.75) is 123 Å². The molecule has 18 atom stereocenters. The minimum atomic E-state index is -2.32. The molecule has 7 aliphatic heterocycles. The number of rotatable bonds is 11. The van der Waals surface area contributed by atoms with Gasteiger partial charge in [0, 0.05) is 35.2 Å². The second-order valence-electron chi connectivity index (χ2n) is 25.4. The summed E-state index contributed by atoms with van der Waals surface area (Å²) in [6.45, 7) is 0.522. The summed E-state index contributed by atoms with van der Waals surface area (Å²) in [6, 6.07) is 7.21. The first-order valence-corrected chi connectivity index (χ1v) is 33.7. The Morgan fingerprint density at radius 2 is 1.13 bits per heavy atom.